The lowest BCUT2D eigenvalue weighted by molar-refractivity contribution is -0.195. The SMILES string of the molecule is COc1ccc([C@H](Nc2cc(Cl)c3ncc(C#N)c(NCC(C)(C)C)c3c2)C2=CN(C3(C(F)(F)F)CC3)NN2)cn1. The van der Waals surface area contributed by atoms with E-state index in [0.717, 1.165) is 5.01 Å². The van der Waals surface area contributed by atoms with Crippen molar-refractivity contribution in [2.24, 2.45) is 5.41 Å². The van der Waals surface area contributed by atoms with E-state index in [1.54, 1.807) is 24.4 Å². The van der Waals surface area contributed by atoms with Crippen molar-refractivity contribution < 1.29 is 17.9 Å². The number of benzene rings is 1. The Balaban J connectivity index is 1.56. The first-order chi connectivity index (χ1) is 19.3. The van der Waals surface area contributed by atoms with E-state index in [9.17, 15) is 18.4 Å². The molecule has 0 radical (unpaired) electrons. The molecule has 0 amide bonds. The van der Waals surface area contributed by atoms with E-state index in [0.29, 0.717) is 56.5 Å². The lowest BCUT2D eigenvalue weighted by Crippen LogP contribution is -2.52. The van der Waals surface area contributed by atoms with Gasteiger partial charge in [0.1, 0.15) is 6.07 Å². The molecule has 216 valence electrons. The normalized spacial score (nSPS) is 17.0. The Labute approximate surface area is 240 Å². The fourth-order valence-corrected chi connectivity index (χ4v) is 4.92. The van der Waals surface area contributed by atoms with Crippen molar-refractivity contribution in [1.29, 1.82) is 5.26 Å². The molecule has 9 nitrogen and oxygen atoms in total. The van der Waals surface area contributed by atoms with Gasteiger partial charge in [0.2, 0.25) is 5.88 Å². The Morgan fingerprint density at radius 1 is 1.20 bits per heavy atom. The first kappa shape index (κ1) is 28.6. The van der Waals surface area contributed by atoms with Gasteiger partial charge in [-0.15, -0.1) is 5.53 Å². The molecule has 5 rings (SSSR count). The number of anilines is 2. The van der Waals surface area contributed by atoms with Crippen molar-refractivity contribution in [1.82, 2.24) is 25.9 Å². The number of aromatic nitrogens is 2. The highest BCUT2D eigenvalue weighted by Gasteiger charge is 2.67. The summed E-state index contributed by atoms with van der Waals surface area (Å²) < 4.78 is 46.7. The molecular formula is C28H30ClF3N8O. The predicted octanol–water partition coefficient (Wildman–Crippen LogP) is 6.04. The lowest BCUT2D eigenvalue weighted by Gasteiger charge is -2.28. The average molecular weight is 587 g/mol. The molecule has 2 aromatic heterocycles. The summed E-state index contributed by atoms with van der Waals surface area (Å²) in [4.78, 5) is 8.69. The van der Waals surface area contributed by atoms with Crippen molar-refractivity contribution in [3.05, 3.63) is 64.7 Å². The zero-order valence-electron chi connectivity index (χ0n) is 22.9. The quantitative estimate of drug-likeness (QED) is 0.251. The molecule has 1 aliphatic carbocycles. The second-order valence-corrected chi connectivity index (χ2v) is 11.8. The number of hydrogen-bond acceptors (Lipinski definition) is 9. The van der Waals surface area contributed by atoms with Crippen LogP contribution >= 0.6 is 11.6 Å². The number of fused-ring (bicyclic) bond motifs is 1. The zero-order valence-corrected chi connectivity index (χ0v) is 23.7. The zero-order chi connectivity index (χ0) is 29.6. The van der Waals surface area contributed by atoms with Crippen LogP contribution in [-0.4, -0.2) is 40.3 Å². The average Bonchev–Trinajstić information content (AvgIpc) is 3.61. The summed E-state index contributed by atoms with van der Waals surface area (Å²) in [5.41, 5.74) is 6.72. The molecule has 1 saturated carbocycles. The third kappa shape index (κ3) is 5.64. The minimum Gasteiger partial charge on any atom is -0.481 e. The topological polar surface area (TPSA) is 110 Å². The van der Waals surface area contributed by atoms with Crippen LogP contribution in [0.4, 0.5) is 24.5 Å². The number of hydrogen-bond donors (Lipinski definition) is 4. The molecule has 1 fully saturated rings. The molecule has 1 atom stereocenters. The maximum absolute atomic E-state index is 13.8. The summed E-state index contributed by atoms with van der Waals surface area (Å²) in [7, 11) is 1.50. The number of pyridine rings is 2. The number of rotatable bonds is 8. The minimum atomic E-state index is -4.40. The molecule has 41 heavy (non-hydrogen) atoms. The minimum absolute atomic E-state index is 0.00397. The second-order valence-electron chi connectivity index (χ2n) is 11.4. The van der Waals surface area contributed by atoms with Gasteiger partial charge in [-0.25, -0.2) is 4.98 Å². The summed E-state index contributed by atoms with van der Waals surface area (Å²) >= 11 is 6.67. The Morgan fingerprint density at radius 3 is 2.54 bits per heavy atom. The molecular weight excluding hydrogens is 557 g/mol. The van der Waals surface area contributed by atoms with Gasteiger partial charge in [-0.2, -0.15) is 18.4 Å². The van der Waals surface area contributed by atoms with Crippen LogP contribution in [0.1, 0.15) is 50.8 Å². The molecule has 13 heteroatoms. The van der Waals surface area contributed by atoms with Gasteiger partial charge in [0.15, 0.2) is 5.54 Å². The van der Waals surface area contributed by atoms with E-state index < -0.39 is 17.8 Å². The van der Waals surface area contributed by atoms with E-state index >= 15 is 0 Å². The van der Waals surface area contributed by atoms with Crippen molar-refractivity contribution in [3.8, 4) is 11.9 Å². The highest BCUT2D eigenvalue weighted by molar-refractivity contribution is 6.35. The van der Waals surface area contributed by atoms with Gasteiger partial charge >= 0.3 is 6.18 Å². The van der Waals surface area contributed by atoms with Crippen molar-refractivity contribution >= 4 is 33.9 Å². The second kappa shape index (κ2) is 10.5. The van der Waals surface area contributed by atoms with Crippen LogP contribution in [0.3, 0.4) is 0 Å². The molecule has 0 unspecified atom stereocenters. The van der Waals surface area contributed by atoms with Crippen LogP contribution < -0.4 is 26.3 Å². The molecule has 0 saturated heterocycles. The Kier molecular flexibility index (Phi) is 7.29. The fourth-order valence-electron chi connectivity index (χ4n) is 4.65. The summed E-state index contributed by atoms with van der Waals surface area (Å²) in [5.74, 6) is 0.396. The summed E-state index contributed by atoms with van der Waals surface area (Å²) in [6.07, 6.45) is 0.0986. The number of nitrogens with zero attached hydrogens (tertiary/aromatic N) is 4. The third-order valence-electron chi connectivity index (χ3n) is 7.07. The summed E-state index contributed by atoms with van der Waals surface area (Å²) in [5, 5.41) is 18.6. The number of nitriles is 1. The molecule has 3 heterocycles. The maximum Gasteiger partial charge on any atom is 0.413 e. The first-order valence-corrected chi connectivity index (χ1v) is 13.4. The van der Waals surface area contributed by atoms with Gasteiger partial charge in [-0.05, 0) is 42.0 Å². The molecule has 2 aliphatic rings. The third-order valence-corrected chi connectivity index (χ3v) is 7.35. The van der Waals surface area contributed by atoms with Gasteiger partial charge < -0.3 is 20.8 Å². The standard InChI is InChI=1S/C28H30ClF3N8O/c1-26(2,3)15-36-23-17(11-33)13-35-25-19(23)9-18(10-20(25)29)37-24(16-5-6-22(41-4)34-12-16)21-14-40(39-38-21)27(7-8-27)28(30,31)32/h5-6,9-10,12-14,24,37-39H,7-8,15H2,1-4H3,(H,35,36)/t24-/m0/s1. The van der Waals surface area contributed by atoms with Gasteiger partial charge in [-0.3, -0.25) is 9.99 Å². The smallest absolute Gasteiger partial charge is 0.413 e. The van der Waals surface area contributed by atoms with Gasteiger partial charge in [-0.1, -0.05) is 32.4 Å². The molecule has 0 bridgehead atoms. The highest BCUT2D eigenvalue weighted by atomic mass is 35.5. The van der Waals surface area contributed by atoms with Gasteiger partial charge in [0, 0.05) is 42.3 Å². The van der Waals surface area contributed by atoms with Crippen LogP contribution in [0, 0.1) is 16.7 Å². The van der Waals surface area contributed by atoms with Crippen molar-refractivity contribution in [2.75, 3.05) is 24.3 Å². The van der Waals surface area contributed by atoms with Crippen LogP contribution in [0.15, 0.2) is 48.6 Å². The molecule has 1 aliphatic heterocycles. The Hall–Kier alpha value is -3.95. The van der Waals surface area contributed by atoms with Gasteiger partial charge in [0.25, 0.3) is 0 Å². The number of ether oxygens (including phenoxy) is 1. The summed E-state index contributed by atoms with van der Waals surface area (Å²) in [6, 6.07) is 8.51. The van der Waals surface area contributed by atoms with Crippen LogP contribution in [0.5, 0.6) is 5.88 Å². The summed E-state index contributed by atoms with van der Waals surface area (Å²) in [6.45, 7) is 6.82. The molecule has 4 N–H and O–H groups in total. The largest absolute Gasteiger partial charge is 0.481 e. The van der Waals surface area contributed by atoms with Crippen LogP contribution in [-0.2, 0) is 0 Å². The van der Waals surface area contributed by atoms with Crippen LogP contribution in [0.2, 0.25) is 5.02 Å². The first-order valence-electron chi connectivity index (χ1n) is 13.0. The van der Waals surface area contributed by atoms with E-state index in [1.165, 1.54) is 19.5 Å². The monoisotopic (exact) mass is 586 g/mol. The van der Waals surface area contributed by atoms with E-state index in [2.05, 4.69) is 58.4 Å². The predicted molar refractivity (Wildman–Crippen MR) is 151 cm³/mol. The van der Waals surface area contributed by atoms with Crippen molar-refractivity contribution in [2.45, 2.75) is 51.4 Å². The Morgan fingerprint density at radius 2 is 1.95 bits per heavy atom. The molecule has 0 spiro atoms. The lowest BCUT2D eigenvalue weighted by atomic mass is 9.96. The molecule has 1 aromatic carbocycles. The number of alkyl halides is 3. The highest BCUT2D eigenvalue weighted by Crippen LogP contribution is 2.53. The van der Waals surface area contributed by atoms with E-state index in [1.807, 2.05) is 6.07 Å². The van der Waals surface area contributed by atoms with E-state index in [-0.39, 0.29) is 18.3 Å². The molecule has 3 aromatic rings. The number of methoxy groups -OCH3 is 1. The maximum atomic E-state index is 13.8. The Bertz CT molecular complexity index is 1530. The van der Waals surface area contributed by atoms with Gasteiger partial charge in [0.05, 0.1) is 40.6 Å². The number of nitrogens with one attached hydrogen (secondary N) is 4. The fraction of sp³-hybridized carbons (Fsp3) is 0.393. The van der Waals surface area contributed by atoms with Crippen LogP contribution in [0.25, 0.3) is 10.9 Å². The van der Waals surface area contributed by atoms with Crippen molar-refractivity contribution in [3.63, 3.8) is 0 Å². The number of halogens is 4. The number of hydrazine groups is 2. The van der Waals surface area contributed by atoms with E-state index in [4.69, 9.17) is 16.3 Å².